The number of hydrogen-bond donors (Lipinski definition) is 2. The average Bonchev–Trinajstić information content (AvgIpc) is 2.55. The molecular formula is C12H17F3N4. The van der Waals surface area contributed by atoms with E-state index in [0.29, 0.717) is 0 Å². The summed E-state index contributed by atoms with van der Waals surface area (Å²) in [4.78, 5) is 6.72. The highest BCUT2D eigenvalue weighted by atomic mass is 19.4. The second kappa shape index (κ2) is 5.63. The molecule has 0 amide bonds. The molecule has 0 saturated heterocycles. The van der Waals surface area contributed by atoms with Crippen LogP contribution in [0.2, 0.25) is 0 Å². The first-order chi connectivity index (χ1) is 8.95. The molecule has 1 aromatic rings. The van der Waals surface area contributed by atoms with Crippen molar-refractivity contribution in [2.45, 2.75) is 50.7 Å². The summed E-state index contributed by atoms with van der Waals surface area (Å²) < 4.78 is 37.7. The van der Waals surface area contributed by atoms with Crippen LogP contribution in [0.25, 0.3) is 0 Å². The van der Waals surface area contributed by atoms with Gasteiger partial charge in [-0.3, -0.25) is 0 Å². The van der Waals surface area contributed by atoms with E-state index in [1.54, 1.807) is 0 Å². The number of nitrogen functional groups attached to an aromatic ring is 1. The summed E-state index contributed by atoms with van der Waals surface area (Å²) in [6.45, 7) is 0. The molecule has 3 N–H and O–H groups in total. The molecule has 0 bridgehead atoms. The molecule has 7 heteroatoms. The molecule has 0 spiro atoms. The second-order valence-electron chi connectivity index (χ2n) is 4.83. The summed E-state index contributed by atoms with van der Waals surface area (Å²) in [5.41, 5.74) is 5.40. The highest BCUT2D eigenvalue weighted by Gasteiger charge is 2.35. The number of nitrogens with two attached hydrogens (primary N) is 1. The van der Waals surface area contributed by atoms with Gasteiger partial charge in [0.15, 0.2) is 0 Å². The van der Waals surface area contributed by atoms with Crippen molar-refractivity contribution >= 4 is 11.6 Å². The number of aromatic nitrogens is 2. The van der Waals surface area contributed by atoms with Crippen LogP contribution in [0.1, 0.15) is 44.3 Å². The molecule has 0 radical (unpaired) electrons. The third-order valence-corrected chi connectivity index (χ3v) is 3.21. The monoisotopic (exact) mass is 274 g/mol. The fourth-order valence-corrected chi connectivity index (χ4v) is 2.30. The van der Waals surface area contributed by atoms with Crippen LogP contribution in [-0.2, 0) is 6.18 Å². The molecule has 0 atom stereocenters. The lowest BCUT2D eigenvalue weighted by Gasteiger charge is -2.17. The number of hydrogen-bond acceptors (Lipinski definition) is 4. The zero-order valence-corrected chi connectivity index (χ0v) is 10.5. The van der Waals surface area contributed by atoms with E-state index in [9.17, 15) is 13.2 Å². The number of rotatable bonds is 2. The van der Waals surface area contributed by atoms with Crippen LogP contribution in [0.4, 0.5) is 24.8 Å². The first-order valence-corrected chi connectivity index (χ1v) is 6.43. The van der Waals surface area contributed by atoms with Gasteiger partial charge in [0.2, 0.25) is 5.82 Å². The molecule has 1 aliphatic carbocycles. The van der Waals surface area contributed by atoms with Gasteiger partial charge in [-0.05, 0) is 12.8 Å². The van der Waals surface area contributed by atoms with Gasteiger partial charge in [0, 0.05) is 12.1 Å². The van der Waals surface area contributed by atoms with Crippen LogP contribution in [-0.4, -0.2) is 16.0 Å². The Morgan fingerprint density at radius 2 is 1.74 bits per heavy atom. The second-order valence-corrected chi connectivity index (χ2v) is 4.83. The maximum absolute atomic E-state index is 12.6. The summed E-state index contributed by atoms with van der Waals surface area (Å²) >= 11 is 0. The Morgan fingerprint density at radius 3 is 2.32 bits per heavy atom. The van der Waals surface area contributed by atoms with Gasteiger partial charge >= 0.3 is 6.18 Å². The number of nitrogens with zero attached hydrogens (tertiary/aromatic N) is 2. The third-order valence-electron chi connectivity index (χ3n) is 3.21. The van der Waals surface area contributed by atoms with Crippen molar-refractivity contribution in [2.24, 2.45) is 0 Å². The van der Waals surface area contributed by atoms with Crippen molar-refractivity contribution in [3.63, 3.8) is 0 Å². The summed E-state index contributed by atoms with van der Waals surface area (Å²) in [6.07, 6.45) is 1.86. The molecule has 19 heavy (non-hydrogen) atoms. The molecule has 4 nitrogen and oxygen atoms in total. The van der Waals surface area contributed by atoms with Crippen molar-refractivity contribution < 1.29 is 13.2 Å². The van der Waals surface area contributed by atoms with Crippen molar-refractivity contribution in [1.29, 1.82) is 0 Å². The molecule has 0 unspecified atom stereocenters. The molecule has 1 aliphatic rings. The van der Waals surface area contributed by atoms with E-state index in [2.05, 4.69) is 15.3 Å². The van der Waals surface area contributed by atoms with E-state index >= 15 is 0 Å². The average molecular weight is 274 g/mol. The van der Waals surface area contributed by atoms with Crippen molar-refractivity contribution in [3.05, 3.63) is 11.9 Å². The highest BCUT2D eigenvalue weighted by Crippen LogP contribution is 2.28. The fourth-order valence-electron chi connectivity index (χ4n) is 2.30. The number of nitrogens with one attached hydrogen (secondary N) is 1. The van der Waals surface area contributed by atoms with E-state index in [1.165, 1.54) is 18.9 Å². The van der Waals surface area contributed by atoms with Crippen LogP contribution >= 0.6 is 0 Å². The Balaban J connectivity index is 2.13. The van der Waals surface area contributed by atoms with E-state index < -0.39 is 12.0 Å². The predicted molar refractivity (Wildman–Crippen MR) is 66.6 cm³/mol. The molecule has 0 aromatic carbocycles. The van der Waals surface area contributed by atoms with Gasteiger partial charge in [0.1, 0.15) is 11.6 Å². The number of halogens is 3. The van der Waals surface area contributed by atoms with Crippen LogP contribution < -0.4 is 11.1 Å². The smallest absolute Gasteiger partial charge is 0.384 e. The molecule has 1 aromatic heterocycles. The summed E-state index contributed by atoms with van der Waals surface area (Å²) in [5, 5.41) is 3.04. The van der Waals surface area contributed by atoms with E-state index in [-0.39, 0.29) is 17.7 Å². The van der Waals surface area contributed by atoms with Crippen LogP contribution in [0.15, 0.2) is 6.07 Å². The molecule has 106 valence electrons. The van der Waals surface area contributed by atoms with Crippen LogP contribution in [0, 0.1) is 0 Å². The minimum atomic E-state index is -4.57. The summed E-state index contributed by atoms with van der Waals surface area (Å²) in [7, 11) is 0. The topological polar surface area (TPSA) is 63.8 Å². The van der Waals surface area contributed by atoms with Gasteiger partial charge in [-0.1, -0.05) is 25.7 Å². The lowest BCUT2D eigenvalue weighted by atomic mass is 10.1. The Morgan fingerprint density at radius 1 is 1.11 bits per heavy atom. The van der Waals surface area contributed by atoms with E-state index in [1.807, 2.05) is 0 Å². The van der Waals surface area contributed by atoms with Gasteiger partial charge in [0.25, 0.3) is 0 Å². The number of alkyl halides is 3. The molecule has 2 rings (SSSR count). The normalized spacial score (nSPS) is 18.1. The third kappa shape index (κ3) is 3.97. The van der Waals surface area contributed by atoms with Gasteiger partial charge < -0.3 is 11.1 Å². The zero-order valence-electron chi connectivity index (χ0n) is 10.5. The van der Waals surface area contributed by atoms with Crippen LogP contribution in [0.3, 0.4) is 0 Å². The SMILES string of the molecule is Nc1cc(NC2CCCCCC2)nc(C(F)(F)F)n1. The summed E-state index contributed by atoms with van der Waals surface area (Å²) in [5.74, 6) is -1.20. The highest BCUT2D eigenvalue weighted by molar-refractivity contribution is 5.45. The lowest BCUT2D eigenvalue weighted by Crippen LogP contribution is -2.21. The standard InChI is InChI=1S/C12H17F3N4/c13-12(14,15)11-18-9(16)7-10(19-11)17-8-5-3-1-2-4-6-8/h7-8H,1-6H2,(H3,16,17,18,19). The molecule has 0 aliphatic heterocycles. The molecule has 1 fully saturated rings. The van der Waals surface area contributed by atoms with Gasteiger partial charge in [-0.25, -0.2) is 9.97 Å². The van der Waals surface area contributed by atoms with Crippen LogP contribution in [0.5, 0.6) is 0 Å². The summed E-state index contributed by atoms with van der Waals surface area (Å²) in [6, 6.07) is 1.51. The largest absolute Gasteiger partial charge is 0.451 e. The Labute approximate surface area is 109 Å². The molecule has 1 saturated carbocycles. The lowest BCUT2D eigenvalue weighted by molar-refractivity contribution is -0.144. The Kier molecular flexibility index (Phi) is 4.11. The Hall–Kier alpha value is -1.53. The minimum absolute atomic E-state index is 0.159. The van der Waals surface area contributed by atoms with E-state index in [0.717, 1.165) is 25.7 Å². The quantitative estimate of drug-likeness (QED) is 0.813. The first-order valence-electron chi connectivity index (χ1n) is 6.43. The molecular weight excluding hydrogens is 257 g/mol. The van der Waals surface area contributed by atoms with Crippen molar-refractivity contribution in [3.8, 4) is 0 Å². The predicted octanol–water partition coefficient (Wildman–Crippen LogP) is 3.21. The van der Waals surface area contributed by atoms with Crippen molar-refractivity contribution in [2.75, 3.05) is 11.1 Å². The van der Waals surface area contributed by atoms with Gasteiger partial charge in [0.05, 0.1) is 0 Å². The van der Waals surface area contributed by atoms with Crippen molar-refractivity contribution in [1.82, 2.24) is 9.97 Å². The van der Waals surface area contributed by atoms with Gasteiger partial charge in [-0.2, -0.15) is 13.2 Å². The minimum Gasteiger partial charge on any atom is -0.384 e. The fraction of sp³-hybridized carbons (Fsp3) is 0.667. The Bertz CT molecular complexity index is 425. The molecule has 1 heterocycles. The maximum atomic E-state index is 12.6. The maximum Gasteiger partial charge on any atom is 0.451 e. The first kappa shape index (κ1) is 13.9. The van der Waals surface area contributed by atoms with E-state index in [4.69, 9.17) is 5.73 Å². The van der Waals surface area contributed by atoms with Gasteiger partial charge in [-0.15, -0.1) is 0 Å². The zero-order chi connectivity index (χ0) is 13.9. The number of anilines is 2.